The quantitative estimate of drug-likeness (QED) is 0.673. The van der Waals surface area contributed by atoms with Gasteiger partial charge in [-0.2, -0.15) is 5.10 Å². The zero-order valence-electron chi connectivity index (χ0n) is 17.6. The molecule has 1 aliphatic heterocycles. The number of hydrogen-bond donors (Lipinski definition) is 2. The van der Waals surface area contributed by atoms with Gasteiger partial charge < -0.3 is 10.2 Å². The normalized spacial score (nSPS) is 14.5. The average Bonchev–Trinajstić information content (AvgIpc) is 3.26. The van der Waals surface area contributed by atoms with E-state index in [2.05, 4.69) is 15.5 Å². The molecule has 0 radical (unpaired) electrons. The van der Waals surface area contributed by atoms with Crippen LogP contribution in [0.4, 0.5) is 4.39 Å². The first-order valence-corrected chi connectivity index (χ1v) is 10.4. The molecule has 1 aliphatic rings. The molecular formula is C24H25FN4O2. The number of hydrogen-bond acceptors (Lipinski definition) is 3. The third kappa shape index (κ3) is 4.66. The van der Waals surface area contributed by atoms with E-state index in [0.717, 1.165) is 16.7 Å². The van der Waals surface area contributed by atoms with E-state index < -0.39 is 0 Å². The molecule has 4 rings (SSSR count). The lowest BCUT2D eigenvalue weighted by Gasteiger charge is -2.32. The predicted molar refractivity (Wildman–Crippen MR) is 116 cm³/mol. The molecule has 2 N–H and O–H groups in total. The second kappa shape index (κ2) is 8.71. The third-order valence-electron chi connectivity index (χ3n) is 5.83. The summed E-state index contributed by atoms with van der Waals surface area (Å²) in [6.45, 7) is 5.13. The first kappa shape index (κ1) is 20.8. The number of benzene rings is 2. The van der Waals surface area contributed by atoms with E-state index in [9.17, 15) is 14.0 Å². The Morgan fingerprint density at radius 3 is 2.42 bits per heavy atom. The van der Waals surface area contributed by atoms with Crippen LogP contribution in [0.15, 0.2) is 48.5 Å². The van der Waals surface area contributed by atoms with Crippen molar-refractivity contribution in [1.29, 1.82) is 0 Å². The van der Waals surface area contributed by atoms with Gasteiger partial charge >= 0.3 is 0 Å². The maximum atomic E-state index is 13.1. The molecule has 7 heteroatoms. The molecule has 0 spiro atoms. The van der Waals surface area contributed by atoms with E-state index >= 15 is 0 Å². The number of aromatic amines is 1. The summed E-state index contributed by atoms with van der Waals surface area (Å²) in [5.41, 5.74) is 4.64. The molecule has 6 nitrogen and oxygen atoms in total. The highest BCUT2D eigenvalue weighted by molar-refractivity contribution is 5.95. The van der Waals surface area contributed by atoms with Gasteiger partial charge in [0.15, 0.2) is 0 Å². The van der Waals surface area contributed by atoms with Crippen molar-refractivity contribution in [2.24, 2.45) is 0 Å². The van der Waals surface area contributed by atoms with Crippen molar-refractivity contribution in [3.05, 3.63) is 76.7 Å². The SMILES string of the molecule is Cc1ccc(C(=O)NC2CCN(C(=O)c3cc(-c4ccc(F)cc4)n[nH]3)CC2)cc1C. The molecule has 0 atom stereocenters. The summed E-state index contributed by atoms with van der Waals surface area (Å²) in [7, 11) is 0. The summed E-state index contributed by atoms with van der Waals surface area (Å²) < 4.78 is 13.1. The largest absolute Gasteiger partial charge is 0.349 e. The number of piperidine rings is 1. The van der Waals surface area contributed by atoms with Gasteiger partial charge in [0, 0.05) is 30.3 Å². The fraction of sp³-hybridized carbons (Fsp3) is 0.292. The number of carbonyl (C=O) groups excluding carboxylic acids is 2. The first-order chi connectivity index (χ1) is 14.9. The Morgan fingerprint density at radius 2 is 1.74 bits per heavy atom. The molecule has 2 amide bonds. The fourth-order valence-electron chi connectivity index (χ4n) is 3.75. The lowest BCUT2D eigenvalue weighted by molar-refractivity contribution is 0.0692. The Kier molecular flexibility index (Phi) is 5.84. The molecule has 3 aromatic rings. The van der Waals surface area contributed by atoms with Crippen molar-refractivity contribution >= 4 is 11.8 Å². The molecule has 0 unspecified atom stereocenters. The van der Waals surface area contributed by atoms with Gasteiger partial charge in [0.05, 0.1) is 5.69 Å². The minimum absolute atomic E-state index is 0.0368. The van der Waals surface area contributed by atoms with E-state index in [1.807, 2.05) is 32.0 Å². The Bertz CT molecular complexity index is 1100. The predicted octanol–water partition coefficient (Wildman–Crippen LogP) is 3.87. The molecule has 160 valence electrons. The van der Waals surface area contributed by atoms with Crippen LogP contribution in [0, 0.1) is 19.7 Å². The van der Waals surface area contributed by atoms with Crippen molar-refractivity contribution in [3.8, 4) is 11.3 Å². The number of rotatable bonds is 4. The van der Waals surface area contributed by atoms with E-state index in [1.54, 1.807) is 23.1 Å². The summed E-state index contributed by atoms with van der Waals surface area (Å²) in [5.74, 6) is -0.520. The highest BCUT2D eigenvalue weighted by atomic mass is 19.1. The Labute approximate surface area is 180 Å². The van der Waals surface area contributed by atoms with Crippen LogP contribution in [0.5, 0.6) is 0 Å². The number of nitrogens with one attached hydrogen (secondary N) is 2. The van der Waals surface area contributed by atoms with Crippen LogP contribution in [0.1, 0.15) is 44.8 Å². The summed E-state index contributed by atoms with van der Waals surface area (Å²) >= 11 is 0. The van der Waals surface area contributed by atoms with Crippen LogP contribution in [0.3, 0.4) is 0 Å². The van der Waals surface area contributed by atoms with Crippen LogP contribution in [0.25, 0.3) is 11.3 Å². The second-order valence-electron chi connectivity index (χ2n) is 8.01. The zero-order valence-corrected chi connectivity index (χ0v) is 17.6. The monoisotopic (exact) mass is 420 g/mol. The number of amides is 2. The molecule has 1 fully saturated rings. The lowest BCUT2D eigenvalue weighted by atomic mass is 10.0. The van der Waals surface area contributed by atoms with Crippen LogP contribution in [-0.4, -0.2) is 46.0 Å². The molecule has 1 saturated heterocycles. The average molecular weight is 420 g/mol. The van der Waals surface area contributed by atoms with E-state index in [1.165, 1.54) is 12.1 Å². The molecule has 1 aromatic heterocycles. The second-order valence-corrected chi connectivity index (χ2v) is 8.01. The van der Waals surface area contributed by atoms with Gasteiger partial charge in [-0.05, 0) is 80.3 Å². The molecule has 2 heterocycles. The molecular weight excluding hydrogens is 395 g/mol. The third-order valence-corrected chi connectivity index (χ3v) is 5.83. The van der Waals surface area contributed by atoms with Crippen LogP contribution in [-0.2, 0) is 0 Å². The van der Waals surface area contributed by atoms with Crippen molar-refractivity contribution < 1.29 is 14.0 Å². The van der Waals surface area contributed by atoms with Gasteiger partial charge in [-0.15, -0.1) is 0 Å². The number of likely N-dealkylation sites (tertiary alicyclic amines) is 1. The van der Waals surface area contributed by atoms with E-state index in [-0.39, 0.29) is 23.7 Å². The number of H-pyrrole nitrogens is 1. The Morgan fingerprint density at radius 1 is 1.03 bits per heavy atom. The number of aromatic nitrogens is 2. The van der Waals surface area contributed by atoms with Crippen molar-refractivity contribution in [1.82, 2.24) is 20.4 Å². The summed E-state index contributed by atoms with van der Waals surface area (Å²) in [5, 5.41) is 10.1. The molecule has 0 saturated carbocycles. The summed E-state index contributed by atoms with van der Waals surface area (Å²) in [6, 6.07) is 13.4. The first-order valence-electron chi connectivity index (χ1n) is 10.4. The Hall–Kier alpha value is -3.48. The van der Waals surface area contributed by atoms with Crippen LogP contribution < -0.4 is 5.32 Å². The molecule has 31 heavy (non-hydrogen) atoms. The number of carbonyl (C=O) groups is 2. The van der Waals surface area contributed by atoms with Gasteiger partial charge in [0.25, 0.3) is 11.8 Å². The zero-order chi connectivity index (χ0) is 22.0. The summed E-state index contributed by atoms with van der Waals surface area (Å²) in [4.78, 5) is 27.1. The number of nitrogens with zero attached hydrogens (tertiary/aromatic N) is 2. The van der Waals surface area contributed by atoms with Crippen LogP contribution in [0.2, 0.25) is 0 Å². The van der Waals surface area contributed by atoms with E-state index in [4.69, 9.17) is 0 Å². The highest BCUT2D eigenvalue weighted by Crippen LogP contribution is 2.20. The van der Waals surface area contributed by atoms with Crippen molar-refractivity contribution in [3.63, 3.8) is 0 Å². The minimum Gasteiger partial charge on any atom is -0.349 e. The topological polar surface area (TPSA) is 78.1 Å². The van der Waals surface area contributed by atoms with Gasteiger partial charge in [-0.3, -0.25) is 14.7 Å². The maximum absolute atomic E-state index is 13.1. The number of halogens is 1. The number of aryl methyl sites for hydroxylation is 2. The van der Waals surface area contributed by atoms with E-state index in [0.29, 0.717) is 42.9 Å². The molecule has 0 bridgehead atoms. The summed E-state index contributed by atoms with van der Waals surface area (Å²) in [6.07, 6.45) is 1.39. The van der Waals surface area contributed by atoms with Gasteiger partial charge in [0.1, 0.15) is 11.5 Å². The Balaban J connectivity index is 1.33. The molecule has 0 aliphatic carbocycles. The van der Waals surface area contributed by atoms with Crippen LogP contribution >= 0.6 is 0 Å². The van der Waals surface area contributed by atoms with Crippen molar-refractivity contribution in [2.45, 2.75) is 32.7 Å². The highest BCUT2D eigenvalue weighted by Gasteiger charge is 2.26. The van der Waals surface area contributed by atoms with Gasteiger partial charge in [-0.25, -0.2) is 4.39 Å². The molecule has 2 aromatic carbocycles. The van der Waals surface area contributed by atoms with Gasteiger partial charge in [0.2, 0.25) is 0 Å². The van der Waals surface area contributed by atoms with Crippen molar-refractivity contribution in [2.75, 3.05) is 13.1 Å². The smallest absolute Gasteiger partial charge is 0.271 e. The maximum Gasteiger partial charge on any atom is 0.271 e. The minimum atomic E-state index is -0.317. The fourth-order valence-corrected chi connectivity index (χ4v) is 3.75. The standard InChI is InChI=1S/C24H25FN4O2/c1-15-3-4-18(13-16(15)2)23(30)26-20-9-11-29(12-10-20)24(31)22-14-21(27-28-22)17-5-7-19(25)8-6-17/h3-8,13-14,20H,9-12H2,1-2H3,(H,26,30)(H,27,28). The van der Waals surface area contributed by atoms with Gasteiger partial charge in [-0.1, -0.05) is 6.07 Å². The lowest BCUT2D eigenvalue weighted by Crippen LogP contribution is -2.46.